The molecule has 5 heteroatoms. The summed E-state index contributed by atoms with van der Waals surface area (Å²) in [5, 5.41) is 11.6. The molecule has 2 aromatic carbocycles. The van der Waals surface area contributed by atoms with E-state index in [1.54, 1.807) is 6.21 Å². The fourth-order valence-electron chi connectivity index (χ4n) is 1.84. The average molecular weight is 278 g/mol. The van der Waals surface area contributed by atoms with Gasteiger partial charge in [0.25, 0.3) is 0 Å². The Kier molecular flexibility index (Phi) is 4.02. The van der Waals surface area contributed by atoms with E-state index in [1.165, 1.54) is 17.3 Å². The van der Waals surface area contributed by atoms with Gasteiger partial charge in [-0.1, -0.05) is 42.5 Å². The van der Waals surface area contributed by atoms with Crippen molar-refractivity contribution >= 4 is 6.21 Å². The van der Waals surface area contributed by atoms with E-state index in [9.17, 15) is 0 Å². The first-order valence-corrected chi connectivity index (χ1v) is 6.56. The zero-order valence-corrected chi connectivity index (χ0v) is 11.3. The number of benzene rings is 2. The normalized spacial score (nSPS) is 10.9. The zero-order chi connectivity index (χ0) is 14.3. The van der Waals surface area contributed by atoms with Crippen LogP contribution in [0.3, 0.4) is 0 Å². The van der Waals surface area contributed by atoms with Gasteiger partial charge in [-0.05, 0) is 17.7 Å². The summed E-state index contributed by atoms with van der Waals surface area (Å²) in [6.45, 7) is 0.526. The number of aromatic nitrogens is 3. The highest BCUT2D eigenvalue weighted by Gasteiger charge is 2.01. The molecule has 0 N–H and O–H groups in total. The summed E-state index contributed by atoms with van der Waals surface area (Å²) in [6, 6.07) is 17.8. The van der Waals surface area contributed by atoms with Gasteiger partial charge in [0, 0.05) is 5.56 Å². The number of rotatable bonds is 5. The first kappa shape index (κ1) is 13.1. The average Bonchev–Trinajstić information content (AvgIpc) is 3.06. The Hall–Kier alpha value is -2.95. The number of nitrogens with zero attached hydrogens (tertiary/aromatic N) is 4. The van der Waals surface area contributed by atoms with Crippen molar-refractivity contribution in [3.05, 3.63) is 78.4 Å². The van der Waals surface area contributed by atoms with E-state index in [-0.39, 0.29) is 0 Å². The largest absolute Gasteiger partial charge is 0.488 e. The third-order valence-corrected chi connectivity index (χ3v) is 2.89. The molecule has 0 amide bonds. The SMILES string of the molecule is C(=N/n1cnnc1)/c1ccccc1OCc1ccccc1. The van der Waals surface area contributed by atoms with Gasteiger partial charge in [0.05, 0.1) is 6.21 Å². The smallest absolute Gasteiger partial charge is 0.141 e. The molecular formula is C16H14N4O. The molecule has 3 aromatic rings. The van der Waals surface area contributed by atoms with Crippen molar-refractivity contribution < 1.29 is 4.74 Å². The fraction of sp³-hybridized carbons (Fsp3) is 0.0625. The summed E-state index contributed by atoms with van der Waals surface area (Å²) in [5.41, 5.74) is 2.03. The van der Waals surface area contributed by atoms with Crippen LogP contribution in [0.1, 0.15) is 11.1 Å². The van der Waals surface area contributed by atoms with Gasteiger partial charge in [-0.2, -0.15) is 5.10 Å². The molecule has 0 aliphatic heterocycles. The minimum Gasteiger partial charge on any atom is -0.488 e. The van der Waals surface area contributed by atoms with Crippen molar-refractivity contribution in [3.8, 4) is 5.75 Å². The van der Waals surface area contributed by atoms with Crippen molar-refractivity contribution in [1.82, 2.24) is 14.9 Å². The highest BCUT2D eigenvalue weighted by Crippen LogP contribution is 2.17. The van der Waals surface area contributed by atoms with E-state index in [2.05, 4.69) is 15.3 Å². The van der Waals surface area contributed by atoms with Gasteiger partial charge in [-0.25, -0.2) is 4.68 Å². The monoisotopic (exact) mass is 278 g/mol. The maximum Gasteiger partial charge on any atom is 0.141 e. The van der Waals surface area contributed by atoms with Gasteiger partial charge >= 0.3 is 0 Å². The maximum absolute atomic E-state index is 5.86. The van der Waals surface area contributed by atoms with Crippen LogP contribution in [-0.2, 0) is 6.61 Å². The molecule has 1 aromatic heterocycles. The van der Waals surface area contributed by atoms with Crippen molar-refractivity contribution in [1.29, 1.82) is 0 Å². The first-order chi connectivity index (χ1) is 10.4. The van der Waals surface area contributed by atoms with Crippen molar-refractivity contribution in [2.45, 2.75) is 6.61 Å². The quantitative estimate of drug-likeness (QED) is 0.674. The second-order valence-corrected chi connectivity index (χ2v) is 4.40. The van der Waals surface area contributed by atoms with Crippen LogP contribution in [0.25, 0.3) is 0 Å². The molecule has 3 rings (SSSR count). The summed E-state index contributed by atoms with van der Waals surface area (Å²) >= 11 is 0. The van der Waals surface area contributed by atoms with Gasteiger partial charge in [-0.15, -0.1) is 10.2 Å². The minimum absolute atomic E-state index is 0.526. The zero-order valence-electron chi connectivity index (χ0n) is 11.3. The number of hydrogen-bond donors (Lipinski definition) is 0. The second kappa shape index (κ2) is 6.47. The van der Waals surface area contributed by atoms with Crippen LogP contribution < -0.4 is 4.74 Å². The topological polar surface area (TPSA) is 52.3 Å². The first-order valence-electron chi connectivity index (χ1n) is 6.56. The molecule has 21 heavy (non-hydrogen) atoms. The number of hydrogen-bond acceptors (Lipinski definition) is 4. The van der Waals surface area contributed by atoms with E-state index in [0.29, 0.717) is 6.61 Å². The van der Waals surface area contributed by atoms with Crippen molar-refractivity contribution in [3.63, 3.8) is 0 Å². The highest BCUT2D eigenvalue weighted by molar-refractivity contribution is 5.83. The van der Waals surface area contributed by atoms with Crippen molar-refractivity contribution in [2.75, 3.05) is 0 Å². The molecule has 0 atom stereocenters. The standard InChI is InChI=1S/C16H14N4O/c1-2-6-14(7-3-1)11-21-16-9-5-4-8-15(16)10-19-20-12-17-18-13-20/h1-10,12-13H,11H2/b19-10-. The van der Waals surface area contributed by atoms with Gasteiger partial charge in [0.2, 0.25) is 0 Å². The van der Waals surface area contributed by atoms with Crippen molar-refractivity contribution in [2.24, 2.45) is 5.10 Å². The predicted molar refractivity (Wildman–Crippen MR) is 80.2 cm³/mol. The summed E-state index contributed by atoms with van der Waals surface area (Å²) < 4.78 is 7.40. The second-order valence-electron chi connectivity index (χ2n) is 4.40. The van der Waals surface area contributed by atoms with Crippen LogP contribution in [0.2, 0.25) is 0 Å². The van der Waals surface area contributed by atoms with E-state index in [0.717, 1.165) is 16.9 Å². The Labute approximate surface area is 122 Å². The lowest BCUT2D eigenvalue weighted by Crippen LogP contribution is -1.98. The molecule has 0 saturated carbocycles. The lowest BCUT2D eigenvalue weighted by Gasteiger charge is -2.08. The Bertz CT molecular complexity index is 708. The van der Waals surface area contributed by atoms with Crippen LogP contribution in [0.15, 0.2) is 72.4 Å². The molecule has 1 heterocycles. The summed E-state index contributed by atoms with van der Waals surface area (Å²) in [6.07, 6.45) is 4.79. The van der Waals surface area contributed by atoms with Gasteiger partial charge in [0.1, 0.15) is 25.0 Å². The minimum atomic E-state index is 0.526. The van der Waals surface area contributed by atoms with Gasteiger partial charge < -0.3 is 4.74 Å². The summed E-state index contributed by atoms with van der Waals surface area (Å²) in [7, 11) is 0. The van der Waals surface area contributed by atoms with E-state index < -0.39 is 0 Å². The summed E-state index contributed by atoms with van der Waals surface area (Å²) in [4.78, 5) is 0. The van der Waals surface area contributed by atoms with E-state index in [1.807, 2.05) is 54.6 Å². The van der Waals surface area contributed by atoms with Crippen LogP contribution in [0.4, 0.5) is 0 Å². The van der Waals surface area contributed by atoms with Crippen LogP contribution >= 0.6 is 0 Å². The molecule has 0 bridgehead atoms. The van der Waals surface area contributed by atoms with E-state index in [4.69, 9.17) is 4.74 Å². The van der Waals surface area contributed by atoms with E-state index >= 15 is 0 Å². The molecule has 0 aliphatic rings. The Morgan fingerprint density at radius 2 is 1.67 bits per heavy atom. The Morgan fingerprint density at radius 1 is 0.952 bits per heavy atom. The van der Waals surface area contributed by atoms with Crippen LogP contribution in [-0.4, -0.2) is 21.1 Å². The highest BCUT2D eigenvalue weighted by atomic mass is 16.5. The Morgan fingerprint density at radius 3 is 2.48 bits per heavy atom. The molecule has 0 radical (unpaired) electrons. The molecule has 0 spiro atoms. The molecule has 0 fully saturated rings. The van der Waals surface area contributed by atoms with Gasteiger partial charge in [0.15, 0.2) is 0 Å². The van der Waals surface area contributed by atoms with Gasteiger partial charge in [-0.3, -0.25) is 0 Å². The molecular weight excluding hydrogens is 264 g/mol. The molecule has 0 saturated heterocycles. The number of ether oxygens (including phenoxy) is 1. The fourth-order valence-corrected chi connectivity index (χ4v) is 1.84. The molecule has 5 nitrogen and oxygen atoms in total. The lowest BCUT2D eigenvalue weighted by molar-refractivity contribution is 0.306. The number of para-hydroxylation sites is 1. The maximum atomic E-state index is 5.86. The third kappa shape index (κ3) is 3.54. The molecule has 0 unspecified atom stereocenters. The van der Waals surface area contributed by atoms with Crippen LogP contribution in [0, 0.1) is 0 Å². The molecule has 0 aliphatic carbocycles. The molecule has 104 valence electrons. The predicted octanol–water partition coefficient (Wildman–Crippen LogP) is 2.74. The lowest BCUT2D eigenvalue weighted by atomic mass is 10.2. The third-order valence-electron chi connectivity index (χ3n) is 2.89. The summed E-state index contributed by atoms with van der Waals surface area (Å²) in [5.74, 6) is 0.790. The van der Waals surface area contributed by atoms with Crippen LogP contribution in [0.5, 0.6) is 5.75 Å². The Balaban J connectivity index is 1.73.